The number of hydrogen-bond donors (Lipinski definition) is 1. The van der Waals surface area contributed by atoms with E-state index in [-0.39, 0.29) is 0 Å². The highest BCUT2D eigenvalue weighted by atomic mass is 32.2. The molecule has 0 radical (unpaired) electrons. The second-order valence-corrected chi connectivity index (χ2v) is 8.63. The zero-order valence-electron chi connectivity index (χ0n) is 13.4. The number of fused-ring (bicyclic) bond motifs is 1. The van der Waals surface area contributed by atoms with Crippen molar-refractivity contribution in [2.75, 3.05) is 11.6 Å². The summed E-state index contributed by atoms with van der Waals surface area (Å²) < 4.78 is 25.2. The normalized spacial score (nSPS) is 11.7. The van der Waals surface area contributed by atoms with Gasteiger partial charge in [-0.15, -0.1) is 11.3 Å². The second-order valence-electron chi connectivity index (χ2n) is 5.66. The van der Waals surface area contributed by atoms with Crippen LogP contribution in [0.25, 0.3) is 16.7 Å². The molecule has 1 N–H and O–H groups in total. The Balaban J connectivity index is 1.74. The maximum Gasteiger partial charge on any atom is 0.175 e. The summed E-state index contributed by atoms with van der Waals surface area (Å²) in [5, 5.41) is 7.34. The molecule has 3 aromatic heterocycles. The molecule has 0 bridgehead atoms. The molecule has 5 nitrogen and oxygen atoms in total. The SMILES string of the molecule is CS(=O)(=O)c1ccc(-n2ccc3ccc(Nc4cccs4)nc32)cc1. The van der Waals surface area contributed by atoms with Crippen LogP contribution in [0.15, 0.2) is 71.1 Å². The fourth-order valence-corrected chi connectivity index (χ4v) is 3.87. The van der Waals surface area contributed by atoms with E-state index >= 15 is 0 Å². The first-order chi connectivity index (χ1) is 12.0. The molecule has 0 fully saturated rings. The van der Waals surface area contributed by atoms with Gasteiger partial charge in [0, 0.05) is 23.5 Å². The summed E-state index contributed by atoms with van der Waals surface area (Å²) in [6, 6.07) is 16.7. The summed E-state index contributed by atoms with van der Waals surface area (Å²) in [4.78, 5) is 5.00. The fourth-order valence-electron chi connectivity index (χ4n) is 2.62. The summed E-state index contributed by atoms with van der Waals surface area (Å²) in [6.07, 6.45) is 3.14. The molecule has 1 aromatic carbocycles. The summed E-state index contributed by atoms with van der Waals surface area (Å²) in [5.41, 5.74) is 1.68. The minimum Gasteiger partial charge on any atom is -0.332 e. The Bertz CT molecular complexity index is 1130. The van der Waals surface area contributed by atoms with Crippen LogP contribution in [0, 0.1) is 0 Å². The molecule has 4 rings (SSSR count). The van der Waals surface area contributed by atoms with Gasteiger partial charge in [0.15, 0.2) is 9.84 Å². The standard InChI is InChI=1S/C18H15N3O2S2/c1-25(22,23)15-7-5-14(6-8-15)21-11-10-13-4-9-16(20-18(13)21)19-17-3-2-12-24-17/h2-12H,1H3,(H,19,20). The highest BCUT2D eigenvalue weighted by Gasteiger charge is 2.09. The van der Waals surface area contributed by atoms with E-state index in [1.165, 1.54) is 6.26 Å². The van der Waals surface area contributed by atoms with Gasteiger partial charge in [-0.2, -0.15) is 0 Å². The quantitative estimate of drug-likeness (QED) is 0.584. The van der Waals surface area contributed by atoms with Crippen LogP contribution in [-0.4, -0.2) is 24.2 Å². The van der Waals surface area contributed by atoms with E-state index in [2.05, 4.69) is 5.32 Å². The van der Waals surface area contributed by atoms with Crippen molar-refractivity contribution in [2.24, 2.45) is 0 Å². The summed E-state index contributed by atoms with van der Waals surface area (Å²) in [7, 11) is -3.20. The minimum absolute atomic E-state index is 0.306. The number of nitrogens with zero attached hydrogens (tertiary/aromatic N) is 2. The Hall–Kier alpha value is -2.64. The summed E-state index contributed by atoms with van der Waals surface area (Å²) in [5.74, 6) is 0.766. The average Bonchev–Trinajstić information content (AvgIpc) is 3.23. The topological polar surface area (TPSA) is 64.0 Å². The number of thiophene rings is 1. The van der Waals surface area contributed by atoms with Gasteiger partial charge in [0.2, 0.25) is 0 Å². The molecule has 0 unspecified atom stereocenters. The lowest BCUT2D eigenvalue weighted by Gasteiger charge is -2.08. The van der Waals surface area contributed by atoms with Crippen LogP contribution in [0.5, 0.6) is 0 Å². The van der Waals surface area contributed by atoms with Crippen LogP contribution >= 0.6 is 11.3 Å². The predicted molar refractivity (Wildman–Crippen MR) is 102 cm³/mol. The molecule has 0 spiro atoms. The van der Waals surface area contributed by atoms with Crippen molar-refractivity contribution in [2.45, 2.75) is 4.90 Å². The van der Waals surface area contributed by atoms with Crippen LogP contribution in [0.3, 0.4) is 0 Å². The van der Waals surface area contributed by atoms with Gasteiger partial charge >= 0.3 is 0 Å². The Morgan fingerprint density at radius 2 is 1.84 bits per heavy atom. The zero-order chi connectivity index (χ0) is 17.4. The maximum atomic E-state index is 11.6. The molecule has 25 heavy (non-hydrogen) atoms. The number of aromatic nitrogens is 2. The van der Waals surface area contributed by atoms with E-state index < -0.39 is 9.84 Å². The first-order valence-corrected chi connectivity index (χ1v) is 10.4. The van der Waals surface area contributed by atoms with Crippen molar-refractivity contribution in [3.8, 4) is 5.69 Å². The summed E-state index contributed by atoms with van der Waals surface area (Å²) >= 11 is 1.61. The van der Waals surface area contributed by atoms with Gasteiger partial charge in [0.05, 0.1) is 9.90 Å². The monoisotopic (exact) mass is 369 g/mol. The van der Waals surface area contributed by atoms with Gasteiger partial charge in [-0.05, 0) is 60.0 Å². The van der Waals surface area contributed by atoms with E-state index in [4.69, 9.17) is 4.98 Å². The highest BCUT2D eigenvalue weighted by Crippen LogP contribution is 2.25. The zero-order valence-corrected chi connectivity index (χ0v) is 15.0. The molecule has 0 aliphatic rings. The first kappa shape index (κ1) is 15.9. The smallest absolute Gasteiger partial charge is 0.175 e. The molecule has 3 heterocycles. The van der Waals surface area contributed by atoms with Crippen molar-refractivity contribution in [1.29, 1.82) is 0 Å². The molecule has 7 heteroatoms. The lowest BCUT2D eigenvalue weighted by Crippen LogP contribution is -1.99. The van der Waals surface area contributed by atoms with Gasteiger partial charge in [-0.25, -0.2) is 13.4 Å². The van der Waals surface area contributed by atoms with Gasteiger partial charge < -0.3 is 9.88 Å². The van der Waals surface area contributed by atoms with E-state index in [0.29, 0.717) is 4.90 Å². The van der Waals surface area contributed by atoms with Crippen LogP contribution in [0.4, 0.5) is 10.8 Å². The Morgan fingerprint density at radius 3 is 2.52 bits per heavy atom. The molecule has 0 atom stereocenters. The van der Waals surface area contributed by atoms with Crippen molar-refractivity contribution >= 4 is 43.0 Å². The number of sulfone groups is 1. The lowest BCUT2D eigenvalue weighted by molar-refractivity contribution is 0.602. The van der Waals surface area contributed by atoms with Gasteiger partial charge in [0.25, 0.3) is 0 Å². The van der Waals surface area contributed by atoms with E-state index in [0.717, 1.165) is 27.5 Å². The molecule has 0 aliphatic carbocycles. The number of hydrogen-bond acceptors (Lipinski definition) is 5. The molecule has 0 aliphatic heterocycles. The number of anilines is 2. The maximum absolute atomic E-state index is 11.6. The number of rotatable bonds is 4. The third-order valence-corrected chi connectivity index (χ3v) is 5.77. The van der Waals surface area contributed by atoms with Crippen LogP contribution in [0.2, 0.25) is 0 Å². The molecule has 4 aromatic rings. The van der Waals surface area contributed by atoms with Crippen LogP contribution in [0.1, 0.15) is 0 Å². The predicted octanol–water partition coefficient (Wildman–Crippen LogP) is 4.23. The first-order valence-electron chi connectivity index (χ1n) is 7.60. The number of nitrogens with one attached hydrogen (secondary N) is 1. The number of pyridine rings is 1. The summed E-state index contributed by atoms with van der Waals surface area (Å²) in [6.45, 7) is 0. The average molecular weight is 369 g/mol. The van der Waals surface area contributed by atoms with Crippen LogP contribution in [-0.2, 0) is 9.84 Å². The van der Waals surface area contributed by atoms with E-state index in [1.54, 1.807) is 35.6 Å². The third-order valence-electron chi connectivity index (χ3n) is 3.85. The Morgan fingerprint density at radius 1 is 1.04 bits per heavy atom. The molecular weight excluding hydrogens is 354 g/mol. The van der Waals surface area contributed by atoms with Gasteiger partial charge in [-0.3, -0.25) is 0 Å². The van der Waals surface area contributed by atoms with Crippen molar-refractivity contribution in [1.82, 2.24) is 9.55 Å². The molecular formula is C18H15N3O2S2. The van der Waals surface area contributed by atoms with Crippen molar-refractivity contribution in [3.05, 3.63) is 66.2 Å². The van der Waals surface area contributed by atoms with Gasteiger partial charge in [0.1, 0.15) is 11.5 Å². The fraction of sp³-hybridized carbons (Fsp3) is 0.0556. The van der Waals surface area contributed by atoms with Crippen molar-refractivity contribution < 1.29 is 8.42 Å². The lowest BCUT2D eigenvalue weighted by atomic mass is 10.3. The van der Waals surface area contributed by atoms with Crippen LogP contribution < -0.4 is 5.32 Å². The Kier molecular flexibility index (Phi) is 3.82. The second kappa shape index (κ2) is 6.02. The van der Waals surface area contributed by atoms with Gasteiger partial charge in [-0.1, -0.05) is 0 Å². The number of benzene rings is 1. The highest BCUT2D eigenvalue weighted by molar-refractivity contribution is 7.90. The van der Waals surface area contributed by atoms with E-state index in [9.17, 15) is 8.42 Å². The molecule has 0 saturated heterocycles. The molecule has 126 valence electrons. The Labute approximate surface area is 149 Å². The third kappa shape index (κ3) is 3.16. The minimum atomic E-state index is -3.20. The molecule has 0 amide bonds. The molecule has 0 saturated carbocycles. The van der Waals surface area contributed by atoms with Crippen molar-refractivity contribution in [3.63, 3.8) is 0 Å². The van der Waals surface area contributed by atoms with E-state index in [1.807, 2.05) is 46.5 Å². The largest absolute Gasteiger partial charge is 0.332 e.